The average Bonchev–Trinajstić information content (AvgIpc) is 2.03. The first kappa shape index (κ1) is 7.54. The Hall–Kier alpha value is -0.570. The standard InChI is InChI=1S/C7H11NO2/c9-6-10-8-7-4-2-1-3-5-7/h7H,1-5H2. The van der Waals surface area contributed by atoms with E-state index in [1.807, 2.05) is 0 Å². The van der Waals surface area contributed by atoms with Crippen molar-refractivity contribution in [2.75, 3.05) is 0 Å². The van der Waals surface area contributed by atoms with Gasteiger partial charge in [-0.1, -0.05) is 19.3 Å². The van der Waals surface area contributed by atoms with Crippen molar-refractivity contribution in [2.24, 2.45) is 0 Å². The molecule has 10 heavy (non-hydrogen) atoms. The fourth-order valence-electron chi connectivity index (χ4n) is 1.28. The van der Waals surface area contributed by atoms with Gasteiger partial charge in [0, 0.05) is 0 Å². The molecule has 1 aliphatic rings. The Morgan fingerprint density at radius 1 is 1.30 bits per heavy atom. The molecule has 0 amide bonds. The van der Waals surface area contributed by atoms with Crippen LogP contribution in [0.4, 0.5) is 0 Å². The lowest BCUT2D eigenvalue weighted by molar-refractivity contribution is 0.104. The highest BCUT2D eigenvalue weighted by atomic mass is 16.7. The molecule has 0 aliphatic heterocycles. The van der Waals surface area contributed by atoms with E-state index in [0.717, 1.165) is 12.8 Å². The SMILES string of the molecule is O=[C]O[N]C1CCCCC1. The summed E-state index contributed by atoms with van der Waals surface area (Å²) in [6.45, 7) is 1.30. The monoisotopic (exact) mass is 141 g/mol. The molecule has 0 aromatic heterocycles. The van der Waals surface area contributed by atoms with Gasteiger partial charge in [-0.05, 0) is 18.3 Å². The summed E-state index contributed by atoms with van der Waals surface area (Å²) in [6.07, 6.45) is 5.81. The van der Waals surface area contributed by atoms with Crippen molar-refractivity contribution in [2.45, 2.75) is 38.1 Å². The smallest absolute Gasteiger partial charge is 0.340 e. The molecule has 2 radical (unpaired) electrons. The van der Waals surface area contributed by atoms with E-state index in [9.17, 15) is 4.79 Å². The molecule has 1 rings (SSSR count). The second-order valence-electron chi connectivity index (χ2n) is 2.57. The predicted molar refractivity (Wildman–Crippen MR) is 35.8 cm³/mol. The number of carbonyl (C=O) groups excluding carboxylic acids is 1. The third-order valence-electron chi connectivity index (χ3n) is 1.81. The van der Waals surface area contributed by atoms with Crippen LogP contribution in [0.3, 0.4) is 0 Å². The minimum absolute atomic E-state index is 0.246. The Bertz CT molecular complexity index is 99.8. The minimum Gasteiger partial charge on any atom is -0.340 e. The van der Waals surface area contributed by atoms with Crippen molar-refractivity contribution in [1.29, 1.82) is 0 Å². The van der Waals surface area contributed by atoms with Gasteiger partial charge in [0.2, 0.25) is 0 Å². The maximum Gasteiger partial charge on any atom is 0.439 e. The quantitative estimate of drug-likeness (QED) is 0.548. The molecule has 0 N–H and O–H groups in total. The van der Waals surface area contributed by atoms with Crippen molar-refractivity contribution < 1.29 is 9.63 Å². The van der Waals surface area contributed by atoms with Gasteiger partial charge in [-0.3, -0.25) is 0 Å². The summed E-state index contributed by atoms with van der Waals surface area (Å²) >= 11 is 0. The molecule has 1 fully saturated rings. The molecule has 3 nitrogen and oxygen atoms in total. The fraction of sp³-hybridized carbons (Fsp3) is 0.857. The highest BCUT2D eigenvalue weighted by molar-refractivity contribution is 5.37. The molecule has 0 saturated heterocycles. The summed E-state index contributed by atoms with van der Waals surface area (Å²) in [7, 11) is 0. The van der Waals surface area contributed by atoms with Crippen LogP contribution in [-0.2, 0) is 9.63 Å². The van der Waals surface area contributed by atoms with Gasteiger partial charge in [-0.2, -0.15) is 0 Å². The summed E-state index contributed by atoms with van der Waals surface area (Å²) in [5, 5.41) is 0. The second-order valence-corrected chi connectivity index (χ2v) is 2.57. The van der Waals surface area contributed by atoms with Gasteiger partial charge in [0.15, 0.2) is 0 Å². The maximum atomic E-state index is 9.61. The number of rotatable bonds is 3. The predicted octanol–water partition coefficient (Wildman–Crippen LogP) is 0.922. The summed E-state index contributed by atoms with van der Waals surface area (Å²) in [4.78, 5) is 13.8. The van der Waals surface area contributed by atoms with Crippen LogP contribution in [0.2, 0.25) is 0 Å². The normalized spacial score (nSPS) is 20.4. The van der Waals surface area contributed by atoms with Crippen molar-refractivity contribution in [3.63, 3.8) is 0 Å². The lowest BCUT2D eigenvalue weighted by atomic mass is 9.96. The molecule has 0 aromatic carbocycles. The van der Waals surface area contributed by atoms with Crippen LogP contribution in [0.15, 0.2) is 0 Å². The third-order valence-corrected chi connectivity index (χ3v) is 1.81. The van der Waals surface area contributed by atoms with Crippen LogP contribution >= 0.6 is 0 Å². The summed E-state index contributed by atoms with van der Waals surface area (Å²) < 4.78 is 0. The molecule has 0 atom stereocenters. The van der Waals surface area contributed by atoms with Crippen molar-refractivity contribution in [1.82, 2.24) is 5.48 Å². The zero-order chi connectivity index (χ0) is 7.23. The number of hydrogen-bond acceptors (Lipinski definition) is 2. The van der Waals surface area contributed by atoms with E-state index in [4.69, 9.17) is 0 Å². The number of hydrogen-bond donors (Lipinski definition) is 0. The first-order valence-electron chi connectivity index (χ1n) is 3.67. The first-order valence-corrected chi connectivity index (χ1v) is 3.67. The van der Waals surface area contributed by atoms with Crippen LogP contribution in [0.1, 0.15) is 32.1 Å². The van der Waals surface area contributed by atoms with Crippen molar-refractivity contribution in [3.8, 4) is 0 Å². The van der Waals surface area contributed by atoms with E-state index in [0.29, 0.717) is 0 Å². The van der Waals surface area contributed by atoms with Crippen molar-refractivity contribution in [3.05, 3.63) is 0 Å². The highest BCUT2D eigenvalue weighted by Crippen LogP contribution is 2.17. The molecule has 1 aliphatic carbocycles. The van der Waals surface area contributed by atoms with Crippen LogP contribution in [0.5, 0.6) is 0 Å². The number of hydroxylamine groups is 1. The molecule has 0 heterocycles. The zero-order valence-electron chi connectivity index (χ0n) is 5.88. The molecule has 0 unspecified atom stereocenters. The van der Waals surface area contributed by atoms with E-state index >= 15 is 0 Å². The Morgan fingerprint density at radius 2 is 2.00 bits per heavy atom. The number of nitrogens with zero attached hydrogens (tertiary/aromatic N) is 1. The lowest BCUT2D eigenvalue weighted by Crippen LogP contribution is -2.24. The minimum atomic E-state index is 0.246. The largest absolute Gasteiger partial charge is 0.439 e. The van der Waals surface area contributed by atoms with E-state index in [-0.39, 0.29) is 6.04 Å². The molecule has 3 heteroatoms. The van der Waals surface area contributed by atoms with Gasteiger partial charge in [0.1, 0.15) is 0 Å². The molecule has 0 spiro atoms. The second kappa shape index (κ2) is 4.28. The summed E-state index contributed by atoms with van der Waals surface area (Å²) in [6, 6.07) is 0.246. The Kier molecular flexibility index (Phi) is 3.22. The summed E-state index contributed by atoms with van der Waals surface area (Å²) in [5.74, 6) is 0. The molecule has 1 saturated carbocycles. The first-order chi connectivity index (χ1) is 4.93. The molecule has 0 bridgehead atoms. The van der Waals surface area contributed by atoms with E-state index in [1.54, 1.807) is 0 Å². The van der Waals surface area contributed by atoms with E-state index in [2.05, 4.69) is 10.3 Å². The molecule has 0 aromatic rings. The van der Waals surface area contributed by atoms with Crippen LogP contribution in [-0.4, -0.2) is 12.5 Å². The Labute approximate surface area is 60.7 Å². The van der Waals surface area contributed by atoms with Crippen LogP contribution < -0.4 is 5.48 Å². The van der Waals surface area contributed by atoms with E-state index < -0.39 is 0 Å². The fourth-order valence-corrected chi connectivity index (χ4v) is 1.28. The van der Waals surface area contributed by atoms with Gasteiger partial charge < -0.3 is 4.84 Å². The zero-order valence-corrected chi connectivity index (χ0v) is 5.88. The van der Waals surface area contributed by atoms with Gasteiger partial charge in [-0.15, -0.1) is 0 Å². The maximum absolute atomic E-state index is 9.61. The van der Waals surface area contributed by atoms with E-state index in [1.165, 1.54) is 25.7 Å². The Balaban J connectivity index is 2.07. The molecule has 56 valence electrons. The third kappa shape index (κ3) is 2.35. The topological polar surface area (TPSA) is 40.4 Å². The lowest BCUT2D eigenvalue weighted by Gasteiger charge is -2.17. The van der Waals surface area contributed by atoms with Crippen LogP contribution in [0, 0.1) is 0 Å². The summed E-state index contributed by atoms with van der Waals surface area (Å²) in [5.41, 5.74) is 3.68. The van der Waals surface area contributed by atoms with Gasteiger partial charge in [0.05, 0.1) is 6.04 Å². The van der Waals surface area contributed by atoms with Crippen LogP contribution in [0.25, 0.3) is 0 Å². The average molecular weight is 141 g/mol. The Morgan fingerprint density at radius 3 is 2.60 bits per heavy atom. The molecular formula is C7H11NO2. The van der Waals surface area contributed by atoms with Gasteiger partial charge in [0.25, 0.3) is 0 Å². The van der Waals surface area contributed by atoms with Crippen molar-refractivity contribution >= 4 is 6.47 Å². The van der Waals surface area contributed by atoms with Gasteiger partial charge in [-0.25, -0.2) is 4.79 Å². The molecular weight excluding hydrogens is 130 g/mol. The van der Waals surface area contributed by atoms with Gasteiger partial charge >= 0.3 is 6.47 Å². The highest BCUT2D eigenvalue weighted by Gasteiger charge is 2.14.